The number of aromatic amines is 1. The molecule has 0 unspecified atom stereocenters. The van der Waals surface area contributed by atoms with Crippen molar-refractivity contribution in [2.24, 2.45) is 0 Å². The van der Waals surface area contributed by atoms with Crippen LogP contribution in [-0.4, -0.2) is 30.3 Å². The quantitative estimate of drug-likeness (QED) is 0.712. The molecule has 2 N–H and O–H groups in total. The summed E-state index contributed by atoms with van der Waals surface area (Å²) < 4.78 is 10.6. The number of hydrogen-bond donors (Lipinski definition) is 2. The first-order valence-corrected chi connectivity index (χ1v) is 8.25. The minimum Gasteiger partial charge on any atom is -0.493 e. The molecule has 0 aliphatic carbocycles. The number of aromatic nitrogens is 2. The zero-order valence-electron chi connectivity index (χ0n) is 14.9. The number of benzene rings is 2. The van der Waals surface area contributed by atoms with Crippen LogP contribution in [0.1, 0.15) is 28.9 Å². The number of hydrogen-bond acceptors (Lipinski definition) is 4. The molecule has 0 saturated carbocycles. The van der Waals surface area contributed by atoms with Crippen molar-refractivity contribution in [1.82, 2.24) is 15.5 Å². The molecule has 0 aliphatic rings. The van der Waals surface area contributed by atoms with E-state index in [2.05, 4.69) is 15.5 Å². The van der Waals surface area contributed by atoms with Crippen molar-refractivity contribution in [2.45, 2.75) is 13.0 Å². The molecular formula is C20H21N3O3. The number of rotatable bonds is 6. The molecular weight excluding hydrogens is 330 g/mol. The first-order valence-electron chi connectivity index (χ1n) is 8.25. The minimum absolute atomic E-state index is 0.114. The van der Waals surface area contributed by atoms with E-state index in [1.807, 2.05) is 49.4 Å². The van der Waals surface area contributed by atoms with E-state index >= 15 is 0 Å². The normalized spacial score (nSPS) is 11.7. The molecule has 0 bridgehead atoms. The second kappa shape index (κ2) is 7.74. The molecule has 1 aromatic heterocycles. The van der Waals surface area contributed by atoms with Gasteiger partial charge in [0.15, 0.2) is 11.5 Å². The van der Waals surface area contributed by atoms with E-state index in [-0.39, 0.29) is 11.9 Å². The standard InChI is InChI=1S/C20H21N3O3/c1-13(14-7-5-4-6-8-14)22-20(24)16-12-21-23-19(16)15-9-10-17(25-2)18(11-15)26-3/h4-13H,1-3H3,(H,21,23)(H,22,24)/t13-/m0/s1. The molecule has 3 aromatic rings. The Balaban J connectivity index is 1.85. The average molecular weight is 351 g/mol. The van der Waals surface area contributed by atoms with Crippen LogP contribution in [0.15, 0.2) is 54.7 Å². The highest BCUT2D eigenvalue weighted by atomic mass is 16.5. The van der Waals surface area contributed by atoms with E-state index in [1.54, 1.807) is 20.3 Å². The molecule has 0 spiro atoms. The topological polar surface area (TPSA) is 76.2 Å². The van der Waals surface area contributed by atoms with E-state index in [0.29, 0.717) is 22.8 Å². The van der Waals surface area contributed by atoms with Gasteiger partial charge in [-0.05, 0) is 30.7 Å². The number of methoxy groups -OCH3 is 2. The molecule has 26 heavy (non-hydrogen) atoms. The van der Waals surface area contributed by atoms with Crippen LogP contribution in [0.25, 0.3) is 11.3 Å². The van der Waals surface area contributed by atoms with Gasteiger partial charge in [-0.1, -0.05) is 30.3 Å². The van der Waals surface area contributed by atoms with Gasteiger partial charge >= 0.3 is 0 Å². The SMILES string of the molecule is COc1ccc(-c2[nH]ncc2C(=O)N[C@@H](C)c2ccccc2)cc1OC. The Morgan fingerprint density at radius 1 is 1.08 bits per heavy atom. The number of amides is 1. The smallest absolute Gasteiger partial charge is 0.255 e. The Hall–Kier alpha value is -3.28. The second-order valence-corrected chi connectivity index (χ2v) is 5.83. The highest BCUT2D eigenvalue weighted by molar-refractivity contribution is 6.00. The van der Waals surface area contributed by atoms with Crippen LogP contribution in [0.3, 0.4) is 0 Å². The van der Waals surface area contributed by atoms with Crippen LogP contribution in [0.4, 0.5) is 0 Å². The number of H-pyrrole nitrogens is 1. The maximum atomic E-state index is 12.7. The third-order valence-corrected chi connectivity index (χ3v) is 4.20. The van der Waals surface area contributed by atoms with Gasteiger partial charge < -0.3 is 14.8 Å². The fourth-order valence-electron chi connectivity index (χ4n) is 2.77. The van der Waals surface area contributed by atoms with E-state index in [0.717, 1.165) is 11.1 Å². The van der Waals surface area contributed by atoms with Crippen LogP contribution in [0.2, 0.25) is 0 Å². The monoisotopic (exact) mass is 351 g/mol. The zero-order chi connectivity index (χ0) is 18.5. The van der Waals surface area contributed by atoms with Gasteiger partial charge in [-0.2, -0.15) is 5.10 Å². The van der Waals surface area contributed by atoms with Crippen LogP contribution in [0, 0.1) is 0 Å². The Kier molecular flexibility index (Phi) is 5.22. The number of ether oxygens (including phenoxy) is 2. The van der Waals surface area contributed by atoms with E-state index in [4.69, 9.17) is 9.47 Å². The zero-order valence-corrected chi connectivity index (χ0v) is 14.9. The molecule has 1 amide bonds. The number of nitrogens with one attached hydrogen (secondary N) is 2. The van der Waals surface area contributed by atoms with Gasteiger partial charge in [0.1, 0.15) is 0 Å². The van der Waals surface area contributed by atoms with Crippen molar-refractivity contribution in [3.8, 4) is 22.8 Å². The summed E-state index contributed by atoms with van der Waals surface area (Å²) in [5.41, 5.74) is 2.93. The predicted octanol–water partition coefficient (Wildman–Crippen LogP) is 3.58. The molecule has 0 fully saturated rings. The molecule has 2 aromatic carbocycles. The van der Waals surface area contributed by atoms with Gasteiger partial charge in [-0.3, -0.25) is 9.89 Å². The maximum absolute atomic E-state index is 12.7. The maximum Gasteiger partial charge on any atom is 0.255 e. The number of nitrogens with zero attached hydrogens (tertiary/aromatic N) is 1. The summed E-state index contributed by atoms with van der Waals surface area (Å²) in [4.78, 5) is 12.7. The molecule has 1 heterocycles. The van der Waals surface area contributed by atoms with Gasteiger partial charge in [-0.25, -0.2) is 0 Å². The fourth-order valence-corrected chi connectivity index (χ4v) is 2.77. The summed E-state index contributed by atoms with van der Waals surface area (Å²) in [6.07, 6.45) is 1.53. The molecule has 0 aliphatic heterocycles. The predicted molar refractivity (Wildman–Crippen MR) is 99.5 cm³/mol. The van der Waals surface area contributed by atoms with Crippen molar-refractivity contribution >= 4 is 5.91 Å². The lowest BCUT2D eigenvalue weighted by Crippen LogP contribution is -2.26. The van der Waals surface area contributed by atoms with Gasteiger partial charge in [-0.15, -0.1) is 0 Å². The highest BCUT2D eigenvalue weighted by Gasteiger charge is 2.19. The second-order valence-electron chi connectivity index (χ2n) is 5.83. The Morgan fingerprint density at radius 2 is 1.81 bits per heavy atom. The fraction of sp³-hybridized carbons (Fsp3) is 0.200. The van der Waals surface area contributed by atoms with Crippen molar-refractivity contribution in [3.05, 3.63) is 65.9 Å². The lowest BCUT2D eigenvalue weighted by Gasteiger charge is -2.14. The average Bonchev–Trinajstić information content (AvgIpc) is 3.18. The van der Waals surface area contributed by atoms with Crippen molar-refractivity contribution in [1.29, 1.82) is 0 Å². The van der Waals surface area contributed by atoms with Gasteiger partial charge in [0.25, 0.3) is 5.91 Å². The van der Waals surface area contributed by atoms with E-state index < -0.39 is 0 Å². The van der Waals surface area contributed by atoms with Gasteiger partial charge in [0.2, 0.25) is 0 Å². The summed E-state index contributed by atoms with van der Waals surface area (Å²) in [6.45, 7) is 1.95. The first kappa shape index (κ1) is 17.5. The van der Waals surface area contributed by atoms with Crippen molar-refractivity contribution in [2.75, 3.05) is 14.2 Å². The van der Waals surface area contributed by atoms with E-state index in [9.17, 15) is 4.79 Å². The molecule has 0 saturated heterocycles. The highest BCUT2D eigenvalue weighted by Crippen LogP contribution is 2.32. The molecule has 6 heteroatoms. The Labute approximate surface area is 152 Å². The van der Waals surface area contributed by atoms with E-state index in [1.165, 1.54) is 6.20 Å². The third kappa shape index (κ3) is 3.54. The van der Waals surface area contributed by atoms with Crippen LogP contribution in [-0.2, 0) is 0 Å². The van der Waals surface area contributed by atoms with Crippen LogP contribution >= 0.6 is 0 Å². The number of carbonyl (C=O) groups excluding carboxylic acids is 1. The van der Waals surface area contributed by atoms with Crippen molar-refractivity contribution in [3.63, 3.8) is 0 Å². The van der Waals surface area contributed by atoms with Gasteiger partial charge in [0, 0.05) is 5.56 Å². The molecule has 6 nitrogen and oxygen atoms in total. The first-order chi connectivity index (χ1) is 12.6. The van der Waals surface area contributed by atoms with Crippen molar-refractivity contribution < 1.29 is 14.3 Å². The van der Waals surface area contributed by atoms with Crippen LogP contribution in [0.5, 0.6) is 11.5 Å². The minimum atomic E-state index is -0.195. The lowest BCUT2D eigenvalue weighted by atomic mass is 10.1. The lowest BCUT2D eigenvalue weighted by molar-refractivity contribution is 0.0940. The molecule has 0 radical (unpaired) electrons. The third-order valence-electron chi connectivity index (χ3n) is 4.20. The summed E-state index contributed by atoms with van der Waals surface area (Å²) >= 11 is 0. The summed E-state index contributed by atoms with van der Waals surface area (Å²) in [7, 11) is 3.15. The molecule has 134 valence electrons. The van der Waals surface area contributed by atoms with Crippen LogP contribution < -0.4 is 14.8 Å². The Bertz CT molecular complexity index is 890. The summed E-state index contributed by atoms with van der Waals surface area (Å²) in [6, 6.07) is 15.2. The number of carbonyl (C=O) groups is 1. The Morgan fingerprint density at radius 3 is 2.50 bits per heavy atom. The molecule has 1 atom stereocenters. The van der Waals surface area contributed by atoms with Gasteiger partial charge in [0.05, 0.1) is 37.7 Å². The molecule has 3 rings (SSSR count). The summed E-state index contributed by atoms with van der Waals surface area (Å²) in [5, 5.41) is 9.94. The summed E-state index contributed by atoms with van der Waals surface area (Å²) in [5.74, 6) is 1.02. The largest absolute Gasteiger partial charge is 0.493 e.